The van der Waals surface area contributed by atoms with Crippen LogP contribution < -0.4 is 15.8 Å². The lowest BCUT2D eigenvalue weighted by Gasteiger charge is -2.34. The van der Waals surface area contributed by atoms with E-state index in [2.05, 4.69) is 49.5 Å². The van der Waals surface area contributed by atoms with E-state index in [9.17, 15) is 4.79 Å². The van der Waals surface area contributed by atoms with E-state index >= 15 is 0 Å². The lowest BCUT2D eigenvalue weighted by Crippen LogP contribution is -2.44. The molecule has 2 N–H and O–H groups in total. The van der Waals surface area contributed by atoms with Crippen LogP contribution in [0, 0.1) is 0 Å². The Morgan fingerprint density at radius 1 is 1.00 bits per heavy atom. The number of nitrogens with one attached hydrogen (secondary N) is 2. The van der Waals surface area contributed by atoms with Gasteiger partial charge in [0, 0.05) is 83.6 Å². The van der Waals surface area contributed by atoms with Gasteiger partial charge in [-0.05, 0) is 56.4 Å². The number of aromatic amines is 1. The molecule has 1 saturated heterocycles. The fourth-order valence-corrected chi connectivity index (χ4v) is 5.25. The van der Waals surface area contributed by atoms with Gasteiger partial charge in [-0.25, -0.2) is 4.98 Å². The zero-order valence-corrected chi connectivity index (χ0v) is 22.6. The van der Waals surface area contributed by atoms with Crippen LogP contribution in [0.1, 0.15) is 6.92 Å². The van der Waals surface area contributed by atoms with Gasteiger partial charge in [-0.1, -0.05) is 23.7 Å². The van der Waals surface area contributed by atoms with Crippen LogP contribution >= 0.6 is 11.6 Å². The minimum Gasteiger partial charge on any atom is -0.369 e. The second kappa shape index (κ2) is 10.5. The van der Waals surface area contributed by atoms with Crippen LogP contribution in [-0.2, 0) is 6.54 Å². The molecule has 5 aromatic rings. The van der Waals surface area contributed by atoms with Gasteiger partial charge in [0.2, 0.25) is 5.95 Å². The predicted molar refractivity (Wildman–Crippen MR) is 157 cm³/mol. The normalized spacial score (nSPS) is 14.2. The highest BCUT2D eigenvalue weighted by molar-refractivity contribution is 6.33. The second-order valence-electron chi connectivity index (χ2n) is 9.71. The van der Waals surface area contributed by atoms with E-state index in [4.69, 9.17) is 16.6 Å². The Labute approximate surface area is 231 Å². The lowest BCUT2D eigenvalue weighted by molar-refractivity contribution is 0.313. The molecule has 1 aliphatic rings. The van der Waals surface area contributed by atoms with Crippen molar-refractivity contribution in [1.29, 1.82) is 0 Å². The number of pyridine rings is 1. The zero-order valence-electron chi connectivity index (χ0n) is 21.9. The molecule has 0 saturated carbocycles. The van der Waals surface area contributed by atoms with Crippen molar-refractivity contribution in [3.05, 3.63) is 82.4 Å². The molecule has 9 nitrogen and oxygen atoms in total. The van der Waals surface area contributed by atoms with Crippen LogP contribution in [0.25, 0.3) is 33.4 Å². The van der Waals surface area contributed by atoms with Crippen molar-refractivity contribution in [2.24, 2.45) is 0 Å². The maximum Gasteiger partial charge on any atom is 0.260 e. The van der Waals surface area contributed by atoms with E-state index in [0.29, 0.717) is 34.3 Å². The summed E-state index contributed by atoms with van der Waals surface area (Å²) in [6.07, 6.45) is 3.43. The average Bonchev–Trinajstić information content (AvgIpc) is 3.49. The Kier molecular flexibility index (Phi) is 6.76. The molecule has 2 aromatic carbocycles. The van der Waals surface area contributed by atoms with Crippen LogP contribution in [0.15, 0.2) is 71.8 Å². The first-order valence-corrected chi connectivity index (χ1v) is 13.4. The van der Waals surface area contributed by atoms with Gasteiger partial charge >= 0.3 is 0 Å². The van der Waals surface area contributed by atoms with Crippen LogP contribution in [0.4, 0.5) is 17.3 Å². The number of likely N-dealkylation sites (N-methyl/N-ethyl adjacent to an activating group) is 1. The first-order valence-electron chi connectivity index (χ1n) is 13.0. The molecule has 0 bridgehead atoms. The van der Waals surface area contributed by atoms with Gasteiger partial charge in [0.05, 0.1) is 5.69 Å². The van der Waals surface area contributed by atoms with Crippen molar-refractivity contribution in [2.45, 2.75) is 13.5 Å². The molecule has 1 fully saturated rings. The molecule has 6 rings (SSSR count). The number of benzene rings is 2. The summed E-state index contributed by atoms with van der Waals surface area (Å²) in [5.41, 5.74) is 5.44. The van der Waals surface area contributed by atoms with E-state index in [1.54, 1.807) is 17.0 Å². The second-order valence-corrected chi connectivity index (χ2v) is 10.1. The Hall–Kier alpha value is -4.21. The summed E-state index contributed by atoms with van der Waals surface area (Å²) in [7, 11) is 2.15. The third-order valence-corrected chi connectivity index (χ3v) is 7.52. The Balaban J connectivity index is 1.29. The standard InChI is InChI=1S/C29H29ClN8O/c1-3-38-27-20(16-24(28(38)39)23-9-4-19(17-25(23)30)26-10-11-32-35-26)18-31-29(34-27)33-21-5-7-22(8-6-21)37-14-12-36(2)13-15-37/h4-11,16-18H,3,12-15H2,1-2H3,(H,32,35)(H,31,33,34). The van der Waals surface area contributed by atoms with Crippen molar-refractivity contribution in [3.8, 4) is 22.4 Å². The summed E-state index contributed by atoms with van der Waals surface area (Å²) in [6.45, 7) is 6.56. The number of rotatable bonds is 6. The molecule has 1 aliphatic heterocycles. The van der Waals surface area contributed by atoms with Crippen LogP contribution in [0.3, 0.4) is 0 Å². The third-order valence-electron chi connectivity index (χ3n) is 7.21. The summed E-state index contributed by atoms with van der Waals surface area (Å²) in [5.74, 6) is 0.436. The highest BCUT2D eigenvalue weighted by Gasteiger charge is 2.17. The fraction of sp³-hybridized carbons (Fsp3) is 0.241. The van der Waals surface area contributed by atoms with Crippen molar-refractivity contribution in [2.75, 3.05) is 43.4 Å². The Morgan fingerprint density at radius 3 is 2.49 bits per heavy atom. The molecule has 0 atom stereocenters. The van der Waals surface area contributed by atoms with E-state index in [1.807, 2.05) is 49.4 Å². The molecule has 4 heterocycles. The minimum atomic E-state index is -0.151. The number of anilines is 3. The summed E-state index contributed by atoms with van der Waals surface area (Å²) in [4.78, 5) is 27.5. The van der Waals surface area contributed by atoms with Gasteiger partial charge in [0.15, 0.2) is 0 Å². The predicted octanol–water partition coefficient (Wildman–Crippen LogP) is 5.02. The van der Waals surface area contributed by atoms with E-state index in [1.165, 1.54) is 5.69 Å². The van der Waals surface area contributed by atoms with Gasteiger partial charge in [0.1, 0.15) is 5.65 Å². The molecule has 0 aliphatic carbocycles. The molecule has 0 radical (unpaired) electrons. The highest BCUT2D eigenvalue weighted by atomic mass is 35.5. The fourth-order valence-electron chi connectivity index (χ4n) is 4.97. The number of hydrogen-bond donors (Lipinski definition) is 2. The molecule has 3 aromatic heterocycles. The monoisotopic (exact) mass is 540 g/mol. The number of nitrogens with zero attached hydrogens (tertiary/aromatic N) is 6. The number of halogens is 1. The Bertz CT molecular complexity index is 1670. The molecular formula is C29H29ClN8O. The molecule has 10 heteroatoms. The van der Waals surface area contributed by atoms with Crippen LogP contribution in [-0.4, -0.2) is 62.9 Å². The number of piperazine rings is 1. The molecule has 198 valence electrons. The van der Waals surface area contributed by atoms with Crippen LogP contribution in [0.5, 0.6) is 0 Å². The maximum atomic E-state index is 13.6. The van der Waals surface area contributed by atoms with Gasteiger partial charge < -0.3 is 15.1 Å². The molecule has 0 amide bonds. The number of fused-ring (bicyclic) bond motifs is 1. The topological polar surface area (TPSA) is 95.0 Å². The third kappa shape index (κ3) is 4.98. The molecule has 0 unspecified atom stereocenters. The van der Waals surface area contributed by atoms with Crippen molar-refractivity contribution in [3.63, 3.8) is 0 Å². The van der Waals surface area contributed by atoms with Gasteiger partial charge in [-0.15, -0.1) is 0 Å². The summed E-state index contributed by atoms with van der Waals surface area (Å²) < 4.78 is 1.66. The molecule has 0 spiro atoms. The average molecular weight is 541 g/mol. The minimum absolute atomic E-state index is 0.151. The summed E-state index contributed by atoms with van der Waals surface area (Å²) in [6, 6.07) is 17.6. The van der Waals surface area contributed by atoms with E-state index in [0.717, 1.165) is 48.5 Å². The van der Waals surface area contributed by atoms with Crippen molar-refractivity contribution >= 4 is 40.0 Å². The number of aromatic nitrogens is 5. The maximum absolute atomic E-state index is 13.6. The first kappa shape index (κ1) is 25.1. The first-order chi connectivity index (χ1) is 19.0. The Morgan fingerprint density at radius 2 is 1.79 bits per heavy atom. The number of hydrogen-bond acceptors (Lipinski definition) is 7. The van der Waals surface area contributed by atoms with Crippen molar-refractivity contribution in [1.82, 2.24) is 29.6 Å². The van der Waals surface area contributed by atoms with Gasteiger partial charge in [-0.3, -0.25) is 14.5 Å². The van der Waals surface area contributed by atoms with Crippen molar-refractivity contribution < 1.29 is 0 Å². The van der Waals surface area contributed by atoms with Gasteiger partial charge in [0.25, 0.3) is 5.56 Å². The highest BCUT2D eigenvalue weighted by Crippen LogP contribution is 2.31. The molecule has 39 heavy (non-hydrogen) atoms. The van der Waals surface area contributed by atoms with E-state index in [-0.39, 0.29) is 5.56 Å². The largest absolute Gasteiger partial charge is 0.369 e. The smallest absolute Gasteiger partial charge is 0.260 e. The SMILES string of the molecule is CCn1c(=O)c(-c2ccc(-c3ccn[nH]3)cc2Cl)cc2cnc(Nc3ccc(N4CCN(C)CC4)cc3)nc21. The lowest BCUT2D eigenvalue weighted by atomic mass is 10.0. The van der Waals surface area contributed by atoms with E-state index < -0.39 is 0 Å². The summed E-state index contributed by atoms with van der Waals surface area (Å²) >= 11 is 6.65. The summed E-state index contributed by atoms with van der Waals surface area (Å²) in [5, 5.41) is 11.5. The quantitative estimate of drug-likeness (QED) is 0.312. The van der Waals surface area contributed by atoms with Crippen LogP contribution in [0.2, 0.25) is 5.02 Å². The molecular weight excluding hydrogens is 512 g/mol. The number of aryl methyl sites for hydroxylation is 1. The van der Waals surface area contributed by atoms with Gasteiger partial charge in [-0.2, -0.15) is 10.1 Å². The zero-order chi connectivity index (χ0) is 26.9. The number of H-pyrrole nitrogens is 1.